The van der Waals surface area contributed by atoms with Crippen molar-refractivity contribution in [2.24, 2.45) is 0 Å². The SMILES string of the molecule is CCCCCCC/C=C\C/C=C\C/C=C\CCCCCCCCCCCCC(=O)NC(COC1OC(CO)C(OC2OC(CO)C(O)C(O)C2O)C(O)C1O)C(O)CCCCCCCCCCCCCCCCCCCCC. The minimum atomic E-state index is -1.78. The number of allylic oxidation sites excluding steroid dienone is 6. The van der Waals surface area contributed by atoms with Gasteiger partial charge in [-0.25, -0.2) is 0 Å². The van der Waals surface area contributed by atoms with Gasteiger partial charge in [0.2, 0.25) is 5.91 Å². The molecule has 14 nitrogen and oxygen atoms in total. The summed E-state index contributed by atoms with van der Waals surface area (Å²) in [6, 6.07) is -0.832. The molecule has 9 N–H and O–H groups in total. The van der Waals surface area contributed by atoms with Gasteiger partial charge >= 0.3 is 0 Å². The minimum absolute atomic E-state index is 0.208. The number of aliphatic hydroxyl groups is 8. The summed E-state index contributed by atoms with van der Waals surface area (Å²) in [7, 11) is 0. The van der Waals surface area contributed by atoms with E-state index in [1.165, 1.54) is 173 Å². The van der Waals surface area contributed by atoms with E-state index in [9.17, 15) is 45.6 Å². The van der Waals surface area contributed by atoms with Crippen LogP contribution in [-0.2, 0) is 23.7 Å². The molecule has 458 valence electrons. The number of ether oxygens (including phenoxy) is 4. The highest BCUT2D eigenvalue weighted by Gasteiger charge is 2.51. The van der Waals surface area contributed by atoms with Crippen LogP contribution >= 0.6 is 0 Å². The van der Waals surface area contributed by atoms with Gasteiger partial charge in [0.25, 0.3) is 0 Å². The van der Waals surface area contributed by atoms with E-state index in [0.29, 0.717) is 12.8 Å². The topological polar surface area (TPSA) is 228 Å². The fourth-order valence-corrected chi connectivity index (χ4v) is 10.7. The molecule has 0 spiro atoms. The molecule has 78 heavy (non-hydrogen) atoms. The number of carbonyl (C=O) groups excluding carboxylic acids is 1. The lowest BCUT2D eigenvalue weighted by Crippen LogP contribution is -2.65. The van der Waals surface area contributed by atoms with E-state index in [-0.39, 0.29) is 12.5 Å². The van der Waals surface area contributed by atoms with Gasteiger partial charge in [-0.3, -0.25) is 4.79 Å². The summed E-state index contributed by atoms with van der Waals surface area (Å²) < 4.78 is 22.9. The highest BCUT2D eigenvalue weighted by molar-refractivity contribution is 5.76. The van der Waals surface area contributed by atoms with Crippen molar-refractivity contribution in [1.82, 2.24) is 5.32 Å². The second kappa shape index (κ2) is 49.8. The van der Waals surface area contributed by atoms with Crippen molar-refractivity contribution in [3.63, 3.8) is 0 Å². The predicted octanol–water partition coefficient (Wildman–Crippen LogP) is 11.8. The van der Waals surface area contributed by atoms with Gasteiger partial charge in [-0.15, -0.1) is 0 Å². The normalized spacial score (nSPS) is 24.7. The molecular formula is C64H119NO13. The lowest BCUT2D eigenvalue weighted by molar-refractivity contribution is -0.359. The first-order chi connectivity index (χ1) is 38.1. The molecule has 2 saturated heterocycles. The highest BCUT2D eigenvalue weighted by atomic mass is 16.7. The number of rotatable bonds is 52. The molecule has 2 heterocycles. The quantitative estimate of drug-likeness (QED) is 0.0204. The Morgan fingerprint density at radius 3 is 1.29 bits per heavy atom. The molecule has 0 aliphatic carbocycles. The van der Waals surface area contributed by atoms with Crippen molar-refractivity contribution in [2.75, 3.05) is 19.8 Å². The molecule has 1 amide bonds. The molecule has 12 atom stereocenters. The summed E-state index contributed by atoms with van der Waals surface area (Å²) in [5, 5.41) is 87.4. The molecule has 14 heteroatoms. The Hall–Kier alpha value is -1.79. The van der Waals surface area contributed by atoms with Crippen LogP contribution in [0.2, 0.25) is 0 Å². The average Bonchev–Trinajstić information content (AvgIpc) is 3.44. The fraction of sp³-hybridized carbons (Fsp3) is 0.891. The Morgan fingerprint density at radius 2 is 0.846 bits per heavy atom. The maximum Gasteiger partial charge on any atom is 0.220 e. The molecule has 2 fully saturated rings. The second-order valence-corrected chi connectivity index (χ2v) is 22.9. The van der Waals surface area contributed by atoms with E-state index >= 15 is 0 Å². The summed E-state index contributed by atoms with van der Waals surface area (Å²) in [5.41, 5.74) is 0. The van der Waals surface area contributed by atoms with Crippen LogP contribution in [0.1, 0.15) is 271 Å². The van der Waals surface area contributed by atoms with Gasteiger partial charge in [0.05, 0.1) is 32.0 Å². The number of carbonyl (C=O) groups is 1. The first-order valence-electron chi connectivity index (χ1n) is 32.2. The summed E-state index contributed by atoms with van der Waals surface area (Å²) in [6.07, 6.45) is 44.2. The lowest BCUT2D eigenvalue weighted by Gasteiger charge is -2.46. The third kappa shape index (κ3) is 34.6. The molecule has 0 aromatic carbocycles. The van der Waals surface area contributed by atoms with Crippen LogP contribution in [0, 0.1) is 0 Å². The van der Waals surface area contributed by atoms with Crippen molar-refractivity contribution in [3.05, 3.63) is 36.5 Å². The molecule has 2 aliphatic rings. The lowest BCUT2D eigenvalue weighted by atomic mass is 9.97. The van der Waals surface area contributed by atoms with E-state index in [1.807, 2.05) is 0 Å². The monoisotopic (exact) mass is 1110 g/mol. The summed E-state index contributed by atoms with van der Waals surface area (Å²) in [4.78, 5) is 13.3. The molecule has 2 aliphatic heterocycles. The second-order valence-electron chi connectivity index (χ2n) is 22.9. The Labute approximate surface area is 474 Å². The van der Waals surface area contributed by atoms with Crippen LogP contribution < -0.4 is 5.32 Å². The number of aliphatic hydroxyl groups excluding tert-OH is 8. The Bertz CT molecular complexity index is 1450. The summed E-state index contributed by atoms with van der Waals surface area (Å²) in [5.74, 6) is -0.208. The van der Waals surface area contributed by atoms with Gasteiger partial charge in [0.15, 0.2) is 12.6 Å². The van der Waals surface area contributed by atoms with Crippen LogP contribution in [0.4, 0.5) is 0 Å². The number of nitrogens with one attached hydrogen (secondary N) is 1. The molecule has 0 bridgehead atoms. The number of unbranched alkanes of at least 4 members (excludes halogenated alkanes) is 33. The molecule has 0 radical (unpaired) electrons. The zero-order valence-corrected chi connectivity index (χ0v) is 49.4. The van der Waals surface area contributed by atoms with Gasteiger partial charge in [-0.2, -0.15) is 0 Å². The zero-order chi connectivity index (χ0) is 56.7. The standard InChI is InChI=1S/C64H119NO13/c1-3-5-7-9-11-13-15-17-19-21-23-24-25-26-27-28-30-32-34-36-38-40-42-44-46-48-56(69)65-52(53(68)47-45-43-41-39-37-35-33-31-29-22-20-18-16-14-12-10-8-6-4-2)51-75-63-61(74)59(72)62(55(50-67)77-63)78-64-60(73)58(71)57(70)54(49-66)76-64/h15,17,21,23,25-26,52-55,57-64,66-68,70-74H,3-14,16,18-20,22,24,27-51H2,1-2H3,(H,65,69)/b17-15-,23-21-,26-25-. The van der Waals surface area contributed by atoms with Crippen molar-refractivity contribution < 1.29 is 64.6 Å². The molecule has 0 aromatic rings. The van der Waals surface area contributed by atoms with Gasteiger partial charge in [0, 0.05) is 6.42 Å². The maximum absolute atomic E-state index is 13.3. The van der Waals surface area contributed by atoms with Gasteiger partial charge in [-0.05, 0) is 51.4 Å². The Morgan fingerprint density at radius 1 is 0.462 bits per heavy atom. The largest absolute Gasteiger partial charge is 0.394 e. The van der Waals surface area contributed by atoms with E-state index in [4.69, 9.17) is 18.9 Å². The van der Waals surface area contributed by atoms with E-state index in [2.05, 4.69) is 55.6 Å². The average molecular weight is 1110 g/mol. The first-order valence-corrected chi connectivity index (χ1v) is 32.2. The number of hydrogen-bond donors (Lipinski definition) is 9. The van der Waals surface area contributed by atoms with Crippen LogP contribution in [0.15, 0.2) is 36.5 Å². The predicted molar refractivity (Wildman–Crippen MR) is 314 cm³/mol. The van der Waals surface area contributed by atoms with E-state index in [0.717, 1.165) is 70.6 Å². The number of amides is 1. The van der Waals surface area contributed by atoms with Crippen LogP contribution in [0.5, 0.6) is 0 Å². The van der Waals surface area contributed by atoms with Gasteiger partial charge in [-0.1, -0.05) is 249 Å². The number of hydrogen-bond acceptors (Lipinski definition) is 13. The molecule has 0 aromatic heterocycles. The highest BCUT2D eigenvalue weighted by Crippen LogP contribution is 2.30. The van der Waals surface area contributed by atoms with Gasteiger partial charge in [0.1, 0.15) is 48.8 Å². The molecule has 0 saturated carbocycles. The van der Waals surface area contributed by atoms with Crippen molar-refractivity contribution in [2.45, 2.75) is 344 Å². The van der Waals surface area contributed by atoms with Crippen molar-refractivity contribution >= 4 is 5.91 Å². The van der Waals surface area contributed by atoms with Crippen molar-refractivity contribution in [3.8, 4) is 0 Å². The van der Waals surface area contributed by atoms with Gasteiger partial charge < -0.3 is 65.1 Å². The Kier molecular flexibility index (Phi) is 46.2. The minimum Gasteiger partial charge on any atom is -0.394 e. The molecule has 2 rings (SSSR count). The van der Waals surface area contributed by atoms with E-state index in [1.54, 1.807) is 0 Å². The van der Waals surface area contributed by atoms with Crippen LogP contribution in [0.3, 0.4) is 0 Å². The van der Waals surface area contributed by atoms with Crippen molar-refractivity contribution in [1.29, 1.82) is 0 Å². The molecule has 12 unspecified atom stereocenters. The van der Waals surface area contributed by atoms with Crippen LogP contribution in [-0.4, -0.2) is 140 Å². The maximum atomic E-state index is 13.3. The first kappa shape index (κ1) is 72.3. The third-order valence-electron chi connectivity index (χ3n) is 15.9. The van der Waals surface area contributed by atoms with Crippen LogP contribution in [0.25, 0.3) is 0 Å². The van der Waals surface area contributed by atoms with E-state index < -0.39 is 86.8 Å². The third-order valence-corrected chi connectivity index (χ3v) is 15.9. The summed E-state index contributed by atoms with van der Waals surface area (Å²) in [6.45, 7) is 2.88. The summed E-state index contributed by atoms with van der Waals surface area (Å²) >= 11 is 0. The zero-order valence-electron chi connectivity index (χ0n) is 49.4. The molecular weight excluding hydrogens is 991 g/mol. The smallest absolute Gasteiger partial charge is 0.220 e. The Balaban J connectivity index is 1.72. The fourth-order valence-electron chi connectivity index (χ4n) is 10.7.